The zero-order valence-corrected chi connectivity index (χ0v) is 19.9. The molecule has 2 fully saturated rings. The summed E-state index contributed by atoms with van der Waals surface area (Å²) < 4.78 is 1.11. The first kappa shape index (κ1) is 22.5. The number of carbonyl (C=O) groups is 1. The Labute approximate surface area is 195 Å². The average molecular weight is 484 g/mol. The van der Waals surface area contributed by atoms with E-state index in [1.165, 1.54) is 49.0 Å². The molecule has 0 bridgehead atoms. The van der Waals surface area contributed by atoms with Crippen molar-refractivity contribution in [2.45, 2.75) is 51.7 Å². The lowest BCUT2D eigenvalue weighted by molar-refractivity contribution is -0.126. The zero-order chi connectivity index (χ0) is 21.5. The van der Waals surface area contributed by atoms with Gasteiger partial charge in [-0.3, -0.25) is 14.6 Å². The Bertz CT molecular complexity index is 848. The van der Waals surface area contributed by atoms with Crippen LogP contribution in [0.2, 0.25) is 0 Å². The van der Waals surface area contributed by atoms with E-state index in [0.29, 0.717) is 6.54 Å². The Balaban J connectivity index is 1.23. The monoisotopic (exact) mass is 483 g/mol. The molecule has 1 unspecified atom stereocenters. The number of rotatable bonds is 7. The molecule has 1 atom stereocenters. The van der Waals surface area contributed by atoms with Crippen LogP contribution < -0.4 is 5.32 Å². The van der Waals surface area contributed by atoms with Gasteiger partial charge in [-0.1, -0.05) is 58.7 Å². The smallest absolute Gasteiger partial charge is 0.224 e. The first-order valence-electron chi connectivity index (χ1n) is 11.7. The maximum absolute atomic E-state index is 12.8. The van der Waals surface area contributed by atoms with Gasteiger partial charge in [0, 0.05) is 30.7 Å². The summed E-state index contributed by atoms with van der Waals surface area (Å²) in [6, 6.07) is 17.2. The largest absolute Gasteiger partial charge is 0.352 e. The van der Waals surface area contributed by atoms with Crippen LogP contribution in [0.25, 0.3) is 0 Å². The van der Waals surface area contributed by atoms with Crippen LogP contribution in [0.5, 0.6) is 0 Å². The minimum Gasteiger partial charge on any atom is -0.352 e. The minimum absolute atomic E-state index is 0.0827. The van der Waals surface area contributed by atoms with Crippen LogP contribution in [0.4, 0.5) is 0 Å². The summed E-state index contributed by atoms with van der Waals surface area (Å²) in [5.74, 6) is 0.274. The van der Waals surface area contributed by atoms with Gasteiger partial charge in [0.05, 0.1) is 5.92 Å². The highest BCUT2D eigenvalue weighted by molar-refractivity contribution is 9.10. The standard InChI is InChI=1S/C26H34BrN3O/c27-25-8-4-6-23(16-25)19-30-15-5-7-24(20-30)26(31)28-17-21-9-11-22(12-10-21)18-29-13-2-1-3-14-29/h4,6,8-12,16,24H,1-3,5,7,13-15,17-20H2,(H,28,31). The van der Waals surface area contributed by atoms with E-state index in [-0.39, 0.29) is 11.8 Å². The number of piperidine rings is 2. The molecule has 2 aliphatic rings. The number of amides is 1. The van der Waals surface area contributed by atoms with Crippen molar-refractivity contribution in [1.82, 2.24) is 15.1 Å². The van der Waals surface area contributed by atoms with Crippen LogP contribution in [-0.2, 0) is 24.4 Å². The van der Waals surface area contributed by atoms with E-state index in [9.17, 15) is 4.79 Å². The van der Waals surface area contributed by atoms with Gasteiger partial charge in [-0.25, -0.2) is 0 Å². The van der Waals surface area contributed by atoms with Crippen molar-refractivity contribution < 1.29 is 4.79 Å². The maximum atomic E-state index is 12.8. The maximum Gasteiger partial charge on any atom is 0.224 e. The van der Waals surface area contributed by atoms with Gasteiger partial charge >= 0.3 is 0 Å². The number of likely N-dealkylation sites (tertiary alicyclic amines) is 2. The molecule has 2 aromatic rings. The molecule has 2 saturated heterocycles. The molecule has 4 nitrogen and oxygen atoms in total. The van der Waals surface area contributed by atoms with E-state index in [1.807, 2.05) is 0 Å². The van der Waals surface area contributed by atoms with E-state index in [0.717, 1.165) is 43.5 Å². The Morgan fingerprint density at radius 3 is 2.35 bits per heavy atom. The van der Waals surface area contributed by atoms with E-state index in [4.69, 9.17) is 0 Å². The van der Waals surface area contributed by atoms with Crippen LogP contribution in [0.15, 0.2) is 53.0 Å². The average Bonchev–Trinajstić information content (AvgIpc) is 2.79. The molecule has 5 heteroatoms. The molecule has 2 aliphatic heterocycles. The second kappa shape index (κ2) is 11.3. The molecular formula is C26H34BrN3O. The van der Waals surface area contributed by atoms with Crippen molar-refractivity contribution >= 4 is 21.8 Å². The number of benzene rings is 2. The lowest BCUT2D eigenvalue weighted by Crippen LogP contribution is -2.42. The summed E-state index contributed by atoms with van der Waals surface area (Å²) in [5, 5.41) is 3.18. The van der Waals surface area contributed by atoms with Crippen molar-refractivity contribution in [2.24, 2.45) is 5.92 Å². The molecule has 1 amide bonds. The SMILES string of the molecule is O=C(NCc1ccc(CN2CCCCC2)cc1)C1CCCN(Cc2cccc(Br)c2)C1. The highest BCUT2D eigenvalue weighted by Crippen LogP contribution is 2.21. The van der Waals surface area contributed by atoms with Crippen LogP contribution in [-0.4, -0.2) is 41.9 Å². The molecule has 31 heavy (non-hydrogen) atoms. The van der Waals surface area contributed by atoms with E-state index >= 15 is 0 Å². The Kier molecular flexibility index (Phi) is 8.17. The predicted molar refractivity (Wildman–Crippen MR) is 130 cm³/mol. The summed E-state index contributed by atoms with van der Waals surface area (Å²) in [4.78, 5) is 17.8. The lowest BCUT2D eigenvalue weighted by Gasteiger charge is -2.32. The fourth-order valence-electron chi connectivity index (χ4n) is 4.78. The second-order valence-corrected chi connectivity index (χ2v) is 9.99. The van der Waals surface area contributed by atoms with Crippen molar-refractivity contribution in [3.05, 3.63) is 69.7 Å². The molecule has 1 N–H and O–H groups in total. The third-order valence-electron chi connectivity index (χ3n) is 6.52. The Morgan fingerprint density at radius 2 is 1.58 bits per heavy atom. The van der Waals surface area contributed by atoms with Gasteiger partial charge in [0.2, 0.25) is 5.91 Å². The van der Waals surface area contributed by atoms with Crippen molar-refractivity contribution in [3.8, 4) is 0 Å². The second-order valence-electron chi connectivity index (χ2n) is 9.08. The molecule has 0 spiro atoms. The molecule has 0 aliphatic carbocycles. The van der Waals surface area contributed by atoms with Crippen molar-refractivity contribution in [2.75, 3.05) is 26.2 Å². The van der Waals surface area contributed by atoms with Gasteiger partial charge in [0.15, 0.2) is 0 Å². The third-order valence-corrected chi connectivity index (χ3v) is 7.01. The summed E-state index contributed by atoms with van der Waals surface area (Å²) in [5.41, 5.74) is 3.84. The van der Waals surface area contributed by atoms with Crippen LogP contribution >= 0.6 is 15.9 Å². The molecule has 2 aromatic carbocycles. The Hall–Kier alpha value is -1.69. The molecule has 0 aromatic heterocycles. The van der Waals surface area contributed by atoms with Gasteiger partial charge < -0.3 is 5.32 Å². The molecule has 0 saturated carbocycles. The number of carbonyl (C=O) groups excluding carboxylic acids is 1. The number of halogens is 1. The normalized spacial score (nSPS) is 20.5. The van der Waals surface area contributed by atoms with Gasteiger partial charge in [0.1, 0.15) is 0 Å². The third kappa shape index (κ3) is 6.90. The topological polar surface area (TPSA) is 35.6 Å². The highest BCUT2D eigenvalue weighted by Gasteiger charge is 2.25. The summed E-state index contributed by atoms with van der Waals surface area (Å²) in [6.07, 6.45) is 6.09. The summed E-state index contributed by atoms with van der Waals surface area (Å²) in [6.45, 7) is 6.91. The van der Waals surface area contributed by atoms with Crippen LogP contribution in [0, 0.1) is 5.92 Å². The van der Waals surface area contributed by atoms with E-state index in [1.54, 1.807) is 0 Å². The highest BCUT2D eigenvalue weighted by atomic mass is 79.9. The summed E-state index contributed by atoms with van der Waals surface area (Å²) in [7, 11) is 0. The minimum atomic E-state index is 0.0827. The van der Waals surface area contributed by atoms with E-state index in [2.05, 4.69) is 79.6 Å². The number of nitrogens with zero attached hydrogens (tertiary/aromatic N) is 2. The molecule has 2 heterocycles. The molecular weight excluding hydrogens is 450 g/mol. The molecule has 4 rings (SSSR count). The van der Waals surface area contributed by atoms with Crippen molar-refractivity contribution in [3.63, 3.8) is 0 Å². The Morgan fingerprint density at radius 1 is 0.871 bits per heavy atom. The predicted octanol–water partition coefficient (Wildman–Crippen LogP) is 4.96. The first-order chi connectivity index (χ1) is 15.2. The summed E-state index contributed by atoms with van der Waals surface area (Å²) >= 11 is 3.55. The number of hydrogen-bond donors (Lipinski definition) is 1. The fraction of sp³-hybridized carbons (Fsp3) is 0.500. The number of hydrogen-bond acceptors (Lipinski definition) is 3. The zero-order valence-electron chi connectivity index (χ0n) is 18.4. The van der Waals surface area contributed by atoms with Crippen molar-refractivity contribution in [1.29, 1.82) is 0 Å². The van der Waals surface area contributed by atoms with Gasteiger partial charge in [-0.15, -0.1) is 0 Å². The van der Waals surface area contributed by atoms with Gasteiger partial charge in [-0.2, -0.15) is 0 Å². The fourth-order valence-corrected chi connectivity index (χ4v) is 5.23. The lowest BCUT2D eigenvalue weighted by atomic mass is 9.96. The number of nitrogens with one attached hydrogen (secondary N) is 1. The van der Waals surface area contributed by atoms with Gasteiger partial charge in [-0.05, 0) is 74.1 Å². The first-order valence-corrected chi connectivity index (χ1v) is 12.5. The molecule has 166 valence electrons. The van der Waals surface area contributed by atoms with E-state index < -0.39 is 0 Å². The van der Waals surface area contributed by atoms with Crippen LogP contribution in [0.1, 0.15) is 48.8 Å². The van der Waals surface area contributed by atoms with Gasteiger partial charge in [0.25, 0.3) is 0 Å². The molecule has 0 radical (unpaired) electrons. The van der Waals surface area contributed by atoms with Crippen LogP contribution in [0.3, 0.4) is 0 Å². The quantitative estimate of drug-likeness (QED) is 0.603.